The van der Waals surface area contributed by atoms with Crippen molar-refractivity contribution in [1.82, 2.24) is 4.57 Å². The second-order valence-electron chi connectivity index (χ2n) is 5.63. The molecule has 4 nitrogen and oxygen atoms in total. The fraction of sp³-hybridized carbons (Fsp3) is 0.857. The monoisotopic (exact) mass is 285 g/mol. The lowest BCUT2D eigenvalue weighted by molar-refractivity contribution is -0.143. The van der Waals surface area contributed by atoms with Crippen molar-refractivity contribution in [2.45, 2.75) is 77.0 Å². The molecule has 0 radical (unpaired) electrons. The van der Waals surface area contributed by atoms with Gasteiger partial charge in [0.15, 0.2) is 8.24 Å². The highest BCUT2D eigenvalue weighted by Gasteiger charge is 2.48. The molecular formula is C14H27NO3Si. The maximum atomic E-state index is 12.3. The van der Waals surface area contributed by atoms with E-state index in [4.69, 9.17) is 0 Å². The molecule has 0 aliphatic carbocycles. The van der Waals surface area contributed by atoms with Crippen molar-refractivity contribution in [2.75, 3.05) is 0 Å². The van der Waals surface area contributed by atoms with Crippen LogP contribution >= 0.6 is 0 Å². The van der Waals surface area contributed by atoms with E-state index >= 15 is 0 Å². The van der Waals surface area contributed by atoms with Crippen LogP contribution in [-0.2, 0) is 9.59 Å². The molecule has 5 heteroatoms. The molecule has 1 amide bonds. The minimum absolute atomic E-state index is 0.0921. The van der Waals surface area contributed by atoms with Crippen LogP contribution in [0.3, 0.4) is 0 Å². The summed E-state index contributed by atoms with van der Waals surface area (Å²) in [4.78, 5) is 23.7. The topological polar surface area (TPSA) is 57.6 Å². The van der Waals surface area contributed by atoms with E-state index in [-0.39, 0.29) is 5.91 Å². The van der Waals surface area contributed by atoms with Gasteiger partial charge in [0.25, 0.3) is 0 Å². The Morgan fingerprint density at radius 2 is 1.68 bits per heavy atom. The van der Waals surface area contributed by atoms with Gasteiger partial charge < -0.3 is 9.67 Å². The van der Waals surface area contributed by atoms with Crippen molar-refractivity contribution >= 4 is 20.1 Å². The standard InChI is InChI=1S/C14H27NO3Si/c1-4-9-19(10-5-2,11-6-3)15-12(14(17)18)7-8-13(15)16/h12H,4-11H2,1-3H3,(H,17,18)/t12-/m0/s1. The molecule has 1 fully saturated rings. The average molecular weight is 285 g/mol. The van der Waals surface area contributed by atoms with E-state index in [1.54, 1.807) is 0 Å². The molecule has 1 N–H and O–H groups in total. The molecule has 1 aliphatic rings. The van der Waals surface area contributed by atoms with Crippen molar-refractivity contribution in [2.24, 2.45) is 0 Å². The lowest BCUT2D eigenvalue weighted by Crippen LogP contribution is -2.58. The summed E-state index contributed by atoms with van der Waals surface area (Å²) >= 11 is 0. The summed E-state index contributed by atoms with van der Waals surface area (Å²) in [5.74, 6) is -0.722. The van der Waals surface area contributed by atoms with E-state index in [1.807, 2.05) is 4.57 Å². The van der Waals surface area contributed by atoms with Crippen LogP contribution in [0.2, 0.25) is 18.1 Å². The van der Waals surface area contributed by atoms with Gasteiger partial charge in [-0.05, 0) is 24.6 Å². The van der Waals surface area contributed by atoms with Gasteiger partial charge in [-0.3, -0.25) is 9.59 Å². The predicted molar refractivity (Wildman–Crippen MR) is 78.6 cm³/mol. The lowest BCUT2D eigenvalue weighted by Gasteiger charge is -2.42. The summed E-state index contributed by atoms with van der Waals surface area (Å²) < 4.78 is 1.87. The second kappa shape index (κ2) is 7.08. The number of hydrogen-bond donors (Lipinski definition) is 1. The number of aliphatic carboxylic acids is 1. The zero-order valence-electron chi connectivity index (χ0n) is 12.4. The Labute approximate surface area is 117 Å². The molecule has 0 spiro atoms. The molecular weight excluding hydrogens is 258 g/mol. The van der Waals surface area contributed by atoms with Gasteiger partial charge in [-0.1, -0.05) is 40.0 Å². The van der Waals surface area contributed by atoms with Crippen molar-refractivity contribution in [1.29, 1.82) is 0 Å². The smallest absolute Gasteiger partial charge is 0.325 e. The molecule has 1 heterocycles. The van der Waals surface area contributed by atoms with Gasteiger partial charge in [-0.15, -0.1) is 0 Å². The Hall–Kier alpha value is -0.843. The van der Waals surface area contributed by atoms with Crippen LogP contribution in [0.25, 0.3) is 0 Å². The number of carbonyl (C=O) groups excluding carboxylic acids is 1. The maximum absolute atomic E-state index is 12.3. The summed E-state index contributed by atoms with van der Waals surface area (Å²) in [5.41, 5.74) is 0. The van der Waals surface area contributed by atoms with Crippen LogP contribution in [0.4, 0.5) is 0 Å². The normalized spacial score (nSPS) is 20.1. The van der Waals surface area contributed by atoms with E-state index in [9.17, 15) is 14.7 Å². The van der Waals surface area contributed by atoms with Gasteiger partial charge in [-0.2, -0.15) is 0 Å². The van der Waals surface area contributed by atoms with Gasteiger partial charge >= 0.3 is 5.97 Å². The summed E-state index contributed by atoms with van der Waals surface area (Å²) in [6.07, 6.45) is 4.05. The van der Waals surface area contributed by atoms with Crippen molar-refractivity contribution in [3.63, 3.8) is 0 Å². The number of carboxylic acids is 1. The molecule has 19 heavy (non-hydrogen) atoms. The first-order valence-corrected chi connectivity index (χ1v) is 10.1. The van der Waals surface area contributed by atoms with E-state index in [2.05, 4.69) is 20.8 Å². The lowest BCUT2D eigenvalue weighted by atomic mass is 10.2. The van der Waals surface area contributed by atoms with Crippen LogP contribution < -0.4 is 0 Å². The molecule has 1 aliphatic heterocycles. The van der Waals surface area contributed by atoms with E-state index in [0.29, 0.717) is 12.8 Å². The largest absolute Gasteiger partial charge is 0.480 e. The van der Waals surface area contributed by atoms with Crippen LogP contribution in [-0.4, -0.2) is 35.8 Å². The minimum atomic E-state index is -1.95. The van der Waals surface area contributed by atoms with Crippen LogP contribution in [0.5, 0.6) is 0 Å². The first-order chi connectivity index (χ1) is 9.02. The van der Waals surface area contributed by atoms with Crippen LogP contribution in [0.15, 0.2) is 0 Å². The van der Waals surface area contributed by atoms with Crippen LogP contribution in [0.1, 0.15) is 52.9 Å². The Morgan fingerprint density at radius 1 is 1.21 bits per heavy atom. The molecule has 1 rings (SSSR count). The SMILES string of the molecule is CCC[Si](CCC)(CCC)N1C(=O)CC[C@H]1C(=O)O. The number of carboxylic acid groups (broad SMARTS) is 1. The first kappa shape index (κ1) is 16.2. The highest BCUT2D eigenvalue weighted by Crippen LogP contribution is 2.36. The molecule has 1 atom stereocenters. The third-order valence-electron chi connectivity index (χ3n) is 4.15. The third-order valence-corrected chi connectivity index (χ3v) is 10.0. The van der Waals surface area contributed by atoms with Crippen molar-refractivity contribution in [3.05, 3.63) is 0 Å². The Kier molecular flexibility index (Phi) is 6.04. The van der Waals surface area contributed by atoms with E-state index < -0.39 is 20.2 Å². The quantitative estimate of drug-likeness (QED) is 0.697. The molecule has 1 saturated heterocycles. The van der Waals surface area contributed by atoms with Crippen molar-refractivity contribution < 1.29 is 14.7 Å². The maximum Gasteiger partial charge on any atom is 0.325 e. The zero-order valence-corrected chi connectivity index (χ0v) is 13.4. The van der Waals surface area contributed by atoms with Gasteiger partial charge in [0, 0.05) is 6.42 Å². The number of rotatable bonds is 8. The highest BCUT2D eigenvalue weighted by atomic mass is 28.3. The fourth-order valence-corrected chi connectivity index (χ4v) is 9.45. The Bertz CT molecular complexity index is 316. The van der Waals surface area contributed by atoms with E-state index in [1.165, 1.54) is 0 Å². The molecule has 0 unspecified atom stereocenters. The second-order valence-corrected chi connectivity index (χ2v) is 10.1. The van der Waals surface area contributed by atoms with Gasteiger partial charge in [-0.25, -0.2) is 0 Å². The first-order valence-electron chi connectivity index (χ1n) is 7.57. The molecule has 0 bridgehead atoms. The summed E-state index contributed by atoms with van der Waals surface area (Å²) in [7, 11) is -1.95. The van der Waals surface area contributed by atoms with Gasteiger partial charge in [0.05, 0.1) is 0 Å². The number of amides is 1. The summed E-state index contributed by atoms with van der Waals surface area (Å²) in [6, 6.07) is 2.59. The minimum Gasteiger partial charge on any atom is -0.480 e. The summed E-state index contributed by atoms with van der Waals surface area (Å²) in [5, 5.41) is 9.40. The highest BCUT2D eigenvalue weighted by molar-refractivity contribution is 6.79. The molecule has 110 valence electrons. The van der Waals surface area contributed by atoms with Gasteiger partial charge in [0.2, 0.25) is 5.91 Å². The Morgan fingerprint density at radius 3 is 2.05 bits per heavy atom. The molecule has 0 aromatic carbocycles. The van der Waals surface area contributed by atoms with Crippen molar-refractivity contribution in [3.8, 4) is 0 Å². The predicted octanol–water partition coefficient (Wildman–Crippen LogP) is 3.24. The number of hydrogen-bond acceptors (Lipinski definition) is 2. The third kappa shape index (κ3) is 3.38. The number of carbonyl (C=O) groups is 2. The van der Waals surface area contributed by atoms with Crippen LogP contribution in [0, 0.1) is 0 Å². The van der Waals surface area contributed by atoms with E-state index in [0.717, 1.165) is 37.4 Å². The Balaban J connectivity index is 3.11. The summed E-state index contributed by atoms with van der Waals surface area (Å²) in [6.45, 7) is 6.43. The molecule has 0 aromatic rings. The fourth-order valence-electron chi connectivity index (χ4n) is 3.65. The average Bonchev–Trinajstić information content (AvgIpc) is 2.72. The molecule has 0 aromatic heterocycles. The molecule has 0 saturated carbocycles. The number of nitrogens with zero attached hydrogens (tertiary/aromatic N) is 1. The van der Waals surface area contributed by atoms with Gasteiger partial charge in [0.1, 0.15) is 6.04 Å². The zero-order chi connectivity index (χ0) is 14.5.